The second kappa shape index (κ2) is 6.18. The third-order valence-electron chi connectivity index (χ3n) is 3.04. The molecule has 1 amide bonds. The lowest BCUT2D eigenvalue weighted by Crippen LogP contribution is -2.32. The Bertz CT molecular complexity index is 419. The van der Waals surface area contributed by atoms with Gasteiger partial charge in [0.15, 0.2) is 0 Å². The molecule has 2 nitrogen and oxygen atoms in total. The molecule has 1 aromatic carbocycles. The predicted molar refractivity (Wildman–Crippen MR) is 68.0 cm³/mol. The summed E-state index contributed by atoms with van der Waals surface area (Å²) in [5, 5.41) is 2.91. The van der Waals surface area contributed by atoms with Crippen molar-refractivity contribution in [3.8, 4) is 0 Å². The summed E-state index contributed by atoms with van der Waals surface area (Å²) in [7, 11) is 0. The van der Waals surface area contributed by atoms with Gasteiger partial charge >= 0.3 is 0 Å². The van der Waals surface area contributed by atoms with Crippen molar-refractivity contribution in [1.82, 2.24) is 5.32 Å². The maximum absolute atomic E-state index is 12.4. The van der Waals surface area contributed by atoms with Crippen molar-refractivity contribution < 1.29 is 13.6 Å². The van der Waals surface area contributed by atoms with E-state index >= 15 is 0 Å². The summed E-state index contributed by atoms with van der Waals surface area (Å²) < 4.78 is 24.8. The minimum atomic E-state index is -2.51. The van der Waals surface area contributed by atoms with E-state index in [1.54, 1.807) is 24.3 Å². The molecule has 1 saturated carbocycles. The van der Waals surface area contributed by atoms with Crippen LogP contribution in [0.5, 0.6) is 0 Å². The smallest absolute Gasteiger partial charge is 0.288 e. The quantitative estimate of drug-likeness (QED) is 0.846. The molecule has 0 aromatic heterocycles. The Morgan fingerprint density at radius 1 is 1.28 bits per heavy atom. The lowest BCUT2D eigenvalue weighted by atomic mass is 10.2. The summed E-state index contributed by atoms with van der Waals surface area (Å²) >= 11 is 0.417. The molecule has 98 valence electrons. The Morgan fingerprint density at radius 3 is 2.61 bits per heavy atom. The molecule has 0 atom stereocenters. The van der Waals surface area contributed by atoms with Crippen molar-refractivity contribution in [2.45, 2.75) is 42.4 Å². The molecule has 0 aliphatic heterocycles. The summed E-state index contributed by atoms with van der Waals surface area (Å²) in [6, 6.07) is 6.70. The van der Waals surface area contributed by atoms with E-state index in [1.807, 2.05) is 0 Å². The second-order valence-corrected chi connectivity index (χ2v) is 5.36. The lowest BCUT2D eigenvalue weighted by molar-refractivity contribution is 0.0935. The standard InChI is InChI=1S/C13H15F2NOS/c14-13(15)18-11-8-4-3-7-10(11)12(17)16-9-5-1-2-6-9/h3-4,7-9,13H,1-2,5-6H2,(H,16,17). The minimum Gasteiger partial charge on any atom is -0.349 e. The molecule has 1 aliphatic carbocycles. The Hall–Kier alpha value is -1.10. The van der Waals surface area contributed by atoms with Crippen LogP contribution in [0, 0.1) is 0 Å². The van der Waals surface area contributed by atoms with Gasteiger partial charge in [-0.2, -0.15) is 8.78 Å². The van der Waals surface area contributed by atoms with Crippen LogP contribution in [0.15, 0.2) is 29.2 Å². The van der Waals surface area contributed by atoms with Crippen LogP contribution in [-0.4, -0.2) is 17.7 Å². The number of carbonyl (C=O) groups is 1. The molecule has 1 N–H and O–H groups in total. The van der Waals surface area contributed by atoms with Crippen LogP contribution in [0.3, 0.4) is 0 Å². The first-order chi connectivity index (χ1) is 8.66. The van der Waals surface area contributed by atoms with Crippen molar-refractivity contribution in [1.29, 1.82) is 0 Å². The molecule has 1 aliphatic rings. The fourth-order valence-corrected chi connectivity index (χ4v) is 2.82. The zero-order valence-electron chi connectivity index (χ0n) is 9.86. The van der Waals surface area contributed by atoms with Crippen LogP contribution < -0.4 is 5.32 Å². The van der Waals surface area contributed by atoms with Crippen molar-refractivity contribution in [2.24, 2.45) is 0 Å². The first kappa shape index (κ1) is 13.3. The second-order valence-electron chi connectivity index (χ2n) is 4.33. The summed E-state index contributed by atoms with van der Waals surface area (Å²) in [6.07, 6.45) is 4.21. The highest BCUT2D eigenvalue weighted by atomic mass is 32.2. The minimum absolute atomic E-state index is 0.196. The van der Waals surface area contributed by atoms with Gasteiger partial charge in [0.2, 0.25) is 0 Å². The Balaban J connectivity index is 2.08. The molecule has 0 spiro atoms. The van der Waals surface area contributed by atoms with Crippen LogP contribution in [-0.2, 0) is 0 Å². The number of carbonyl (C=O) groups excluding carboxylic acids is 1. The molecule has 1 fully saturated rings. The molecule has 0 bridgehead atoms. The zero-order chi connectivity index (χ0) is 13.0. The summed E-state index contributed by atoms with van der Waals surface area (Å²) in [5.41, 5.74) is 0.342. The Morgan fingerprint density at radius 2 is 1.94 bits per heavy atom. The van der Waals surface area contributed by atoms with Crippen LogP contribution in [0.25, 0.3) is 0 Å². The highest BCUT2D eigenvalue weighted by Crippen LogP contribution is 2.28. The number of nitrogens with one attached hydrogen (secondary N) is 1. The maximum atomic E-state index is 12.4. The Labute approximate surface area is 109 Å². The first-order valence-electron chi connectivity index (χ1n) is 6.01. The highest BCUT2D eigenvalue weighted by Gasteiger charge is 2.20. The highest BCUT2D eigenvalue weighted by molar-refractivity contribution is 7.99. The topological polar surface area (TPSA) is 29.1 Å². The third kappa shape index (κ3) is 3.45. The van der Waals surface area contributed by atoms with E-state index in [4.69, 9.17) is 0 Å². The van der Waals surface area contributed by atoms with Gasteiger partial charge in [-0.05, 0) is 25.0 Å². The number of alkyl halides is 2. The van der Waals surface area contributed by atoms with Gasteiger partial charge in [0.25, 0.3) is 11.7 Å². The molecule has 1 aromatic rings. The van der Waals surface area contributed by atoms with Crippen molar-refractivity contribution in [3.05, 3.63) is 29.8 Å². The van der Waals surface area contributed by atoms with E-state index in [1.165, 1.54) is 0 Å². The fraction of sp³-hybridized carbons (Fsp3) is 0.462. The molecule has 18 heavy (non-hydrogen) atoms. The molecule has 5 heteroatoms. The number of rotatable bonds is 4. The van der Waals surface area contributed by atoms with Crippen LogP contribution >= 0.6 is 11.8 Å². The van der Waals surface area contributed by atoms with E-state index < -0.39 is 5.76 Å². The molecular weight excluding hydrogens is 256 g/mol. The summed E-state index contributed by atoms with van der Waals surface area (Å²) in [5.74, 6) is -2.75. The zero-order valence-corrected chi connectivity index (χ0v) is 10.7. The molecule has 0 heterocycles. The fourth-order valence-electron chi connectivity index (χ4n) is 2.19. The van der Waals surface area contributed by atoms with Gasteiger partial charge in [0.05, 0.1) is 5.56 Å². The predicted octanol–water partition coefficient (Wildman–Crippen LogP) is 3.67. The van der Waals surface area contributed by atoms with Gasteiger partial charge < -0.3 is 5.32 Å². The van der Waals surface area contributed by atoms with E-state index in [-0.39, 0.29) is 11.9 Å². The summed E-state index contributed by atoms with van der Waals surface area (Å²) in [4.78, 5) is 12.4. The first-order valence-corrected chi connectivity index (χ1v) is 6.89. The Kier molecular flexibility index (Phi) is 4.58. The van der Waals surface area contributed by atoms with Crippen LogP contribution in [0.1, 0.15) is 36.0 Å². The number of benzene rings is 1. The van der Waals surface area contributed by atoms with Gasteiger partial charge in [-0.25, -0.2) is 0 Å². The average molecular weight is 271 g/mol. The van der Waals surface area contributed by atoms with Crippen molar-refractivity contribution >= 4 is 17.7 Å². The number of hydrogen-bond acceptors (Lipinski definition) is 2. The van der Waals surface area contributed by atoms with Crippen molar-refractivity contribution in [2.75, 3.05) is 0 Å². The number of halogens is 2. The lowest BCUT2D eigenvalue weighted by Gasteiger charge is -2.14. The number of amides is 1. The SMILES string of the molecule is O=C(NC1CCCC1)c1ccccc1SC(F)F. The van der Waals surface area contributed by atoms with E-state index in [0.29, 0.717) is 22.2 Å². The molecule has 0 unspecified atom stereocenters. The number of thioether (sulfide) groups is 1. The van der Waals surface area contributed by atoms with E-state index in [9.17, 15) is 13.6 Å². The van der Waals surface area contributed by atoms with Gasteiger partial charge in [0, 0.05) is 10.9 Å². The third-order valence-corrected chi connectivity index (χ3v) is 3.83. The molecule has 0 saturated heterocycles. The number of hydrogen-bond donors (Lipinski definition) is 1. The largest absolute Gasteiger partial charge is 0.349 e. The van der Waals surface area contributed by atoms with Crippen molar-refractivity contribution in [3.63, 3.8) is 0 Å². The normalized spacial score (nSPS) is 16.2. The van der Waals surface area contributed by atoms with E-state index in [0.717, 1.165) is 25.7 Å². The molecule has 2 rings (SSSR count). The molecular formula is C13H15F2NOS. The van der Waals surface area contributed by atoms with Crippen LogP contribution in [0.4, 0.5) is 8.78 Å². The average Bonchev–Trinajstić information content (AvgIpc) is 2.81. The maximum Gasteiger partial charge on any atom is 0.288 e. The van der Waals surface area contributed by atoms with Gasteiger partial charge in [-0.3, -0.25) is 4.79 Å². The van der Waals surface area contributed by atoms with Gasteiger partial charge in [-0.1, -0.05) is 36.7 Å². The summed E-state index contributed by atoms with van der Waals surface area (Å²) in [6.45, 7) is 0. The van der Waals surface area contributed by atoms with Gasteiger partial charge in [-0.15, -0.1) is 0 Å². The van der Waals surface area contributed by atoms with Crippen LogP contribution in [0.2, 0.25) is 0 Å². The van der Waals surface area contributed by atoms with E-state index in [2.05, 4.69) is 5.32 Å². The van der Waals surface area contributed by atoms with Gasteiger partial charge in [0.1, 0.15) is 0 Å². The molecule has 0 radical (unpaired) electrons. The monoisotopic (exact) mass is 271 g/mol.